The third-order valence-electron chi connectivity index (χ3n) is 5.54. The number of hydrogen-bond acceptors (Lipinski definition) is 3. The summed E-state index contributed by atoms with van der Waals surface area (Å²) in [6, 6.07) is 0.380. The number of carboxylic acid groups (broad SMARTS) is 1. The molecule has 3 N–H and O–H groups in total. The summed E-state index contributed by atoms with van der Waals surface area (Å²) < 4.78 is 0. The molecule has 5 heteroatoms. The third kappa shape index (κ3) is 2.43. The summed E-state index contributed by atoms with van der Waals surface area (Å²) in [5, 5.41) is 15.6. The van der Waals surface area contributed by atoms with Gasteiger partial charge in [-0.2, -0.15) is 0 Å². The summed E-state index contributed by atoms with van der Waals surface area (Å²) in [6.45, 7) is 0.286. The lowest BCUT2D eigenvalue weighted by atomic mass is 9.69. The molecule has 3 atom stereocenters. The van der Waals surface area contributed by atoms with Gasteiger partial charge in [-0.15, -0.1) is 0 Å². The van der Waals surface area contributed by atoms with E-state index in [-0.39, 0.29) is 18.5 Å². The van der Waals surface area contributed by atoms with Crippen LogP contribution < -0.4 is 10.6 Å². The highest BCUT2D eigenvalue weighted by Gasteiger charge is 2.45. The quantitative estimate of drug-likeness (QED) is 0.725. The van der Waals surface area contributed by atoms with Crippen molar-refractivity contribution in [1.82, 2.24) is 10.6 Å². The average molecular weight is 280 g/mol. The molecule has 0 radical (unpaired) electrons. The first-order chi connectivity index (χ1) is 9.61. The SMILES string of the molecule is O=C(NCC1(C(=O)O)CCC1)C1CC2CCCCC2N1. The Labute approximate surface area is 119 Å². The number of nitrogens with one attached hydrogen (secondary N) is 2. The van der Waals surface area contributed by atoms with Crippen LogP contribution >= 0.6 is 0 Å². The number of rotatable bonds is 4. The van der Waals surface area contributed by atoms with E-state index in [4.69, 9.17) is 0 Å². The van der Waals surface area contributed by atoms with Crippen molar-refractivity contribution >= 4 is 11.9 Å². The van der Waals surface area contributed by atoms with Crippen LogP contribution in [0.15, 0.2) is 0 Å². The van der Waals surface area contributed by atoms with E-state index in [1.165, 1.54) is 25.7 Å². The molecule has 3 fully saturated rings. The molecule has 0 aromatic carbocycles. The first kappa shape index (κ1) is 13.9. The summed E-state index contributed by atoms with van der Waals surface area (Å²) >= 11 is 0. The van der Waals surface area contributed by atoms with Crippen LogP contribution in [0.3, 0.4) is 0 Å². The molecule has 1 saturated heterocycles. The van der Waals surface area contributed by atoms with Crippen LogP contribution in [0.4, 0.5) is 0 Å². The van der Waals surface area contributed by atoms with Gasteiger partial charge in [-0.3, -0.25) is 9.59 Å². The van der Waals surface area contributed by atoms with Crippen LogP contribution in [0.5, 0.6) is 0 Å². The summed E-state index contributed by atoms with van der Waals surface area (Å²) in [6.07, 6.45) is 8.17. The van der Waals surface area contributed by atoms with E-state index in [0.717, 1.165) is 12.8 Å². The van der Waals surface area contributed by atoms with Crippen LogP contribution in [-0.2, 0) is 9.59 Å². The van der Waals surface area contributed by atoms with Crippen LogP contribution in [-0.4, -0.2) is 35.6 Å². The van der Waals surface area contributed by atoms with Crippen LogP contribution in [0, 0.1) is 11.3 Å². The zero-order chi connectivity index (χ0) is 14.2. The van der Waals surface area contributed by atoms with Crippen LogP contribution in [0.2, 0.25) is 0 Å². The number of fused-ring (bicyclic) bond motifs is 1. The van der Waals surface area contributed by atoms with E-state index >= 15 is 0 Å². The molecular weight excluding hydrogens is 256 g/mol. The van der Waals surface area contributed by atoms with Crippen molar-refractivity contribution in [3.63, 3.8) is 0 Å². The largest absolute Gasteiger partial charge is 0.481 e. The molecule has 1 heterocycles. The minimum absolute atomic E-state index is 0.00748. The summed E-state index contributed by atoms with van der Waals surface area (Å²) in [4.78, 5) is 23.5. The Bertz CT molecular complexity index is 392. The van der Waals surface area contributed by atoms with Crippen molar-refractivity contribution in [3.05, 3.63) is 0 Å². The predicted molar refractivity (Wildman–Crippen MR) is 74.2 cm³/mol. The molecule has 112 valence electrons. The van der Waals surface area contributed by atoms with Gasteiger partial charge in [0.05, 0.1) is 11.5 Å². The van der Waals surface area contributed by atoms with Crippen molar-refractivity contribution < 1.29 is 14.7 Å². The number of carboxylic acids is 1. The molecule has 3 unspecified atom stereocenters. The summed E-state index contributed by atoms with van der Waals surface area (Å²) in [7, 11) is 0. The molecule has 3 rings (SSSR count). The molecule has 3 aliphatic rings. The predicted octanol–water partition coefficient (Wildman–Crippen LogP) is 1.28. The van der Waals surface area contributed by atoms with Crippen molar-refractivity contribution in [2.24, 2.45) is 11.3 Å². The van der Waals surface area contributed by atoms with E-state index in [0.29, 0.717) is 24.8 Å². The van der Waals surface area contributed by atoms with Gasteiger partial charge in [-0.25, -0.2) is 0 Å². The summed E-state index contributed by atoms with van der Waals surface area (Å²) in [5.41, 5.74) is -0.693. The smallest absolute Gasteiger partial charge is 0.311 e. The zero-order valence-corrected chi connectivity index (χ0v) is 11.9. The van der Waals surface area contributed by atoms with Gasteiger partial charge < -0.3 is 15.7 Å². The van der Waals surface area contributed by atoms with Crippen molar-refractivity contribution in [3.8, 4) is 0 Å². The maximum absolute atomic E-state index is 12.2. The highest BCUT2D eigenvalue weighted by molar-refractivity contribution is 5.83. The van der Waals surface area contributed by atoms with Crippen molar-refractivity contribution in [2.45, 2.75) is 63.5 Å². The van der Waals surface area contributed by atoms with Gasteiger partial charge in [-0.1, -0.05) is 19.3 Å². The Balaban J connectivity index is 1.51. The normalized spacial score (nSPS) is 34.9. The van der Waals surface area contributed by atoms with Gasteiger partial charge in [-0.05, 0) is 38.0 Å². The van der Waals surface area contributed by atoms with Gasteiger partial charge in [0.2, 0.25) is 5.91 Å². The number of carbonyl (C=O) groups excluding carboxylic acids is 1. The lowest BCUT2D eigenvalue weighted by molar-refractivity contribution is -0.154. The van der Waals surface area contributed by atoms with Crippen LogP contribution in [0.25, 0.3) is 0 Å². The molecule has 1 aliphatic heterocycles. The summed E-state index contributed by atoms with van der Waals surface area (Å²) in [5.74, 6) is -0.138. The van der Waals surface area contributed by atoms with E-state index in [9.17, 15) is 14.7 Å². The molecule has 20 heavy (non-hydrogen) atoms. The molecular formula is C15H24N2O3. The molecule has 2 saturated carbocycles. The first-order valence-corrected chi connectivity index (χ1v) is 7.88. The van der Waals surface area contributed by atoms with Crippen LogP contribution in [0.1, 0.15) is 51.4 Å². The fourth-order valence-corrected chi connectivity index (χ4v) is 3.97. The molecule has 0 spiro atoms. The van der Waals surface area contributed by atoms with Gasteiger partial charge >= 0.3 is 5.97 Å². The Kier molecular flexibility index (Phi) is 3.71. The Hall–Kier alpha value is -1.10. The van der Waals surface area contributed by atoms with Gasteiger partial charge in [0, 0.05) is 12.6 Å². The Morgan fingerprint density at radius 3 is 2.55 bits per heavy atom. The maximum Gasteiger partial charge on any atom is 0.311 e. The molecule has 0 bridgehead atoms. The van der Waals surface area contributed by atoms with Crippen molar-refractivity contribution in [2.75, 3.05) is 6.54 Å². The average Bonchev–Trinajstić information content (AvgIpc) is 2.80. The zero-order valence-electron chi connectivity index (χ0n) is 11.9. The second kappa shape index (κ2) is 5.35. The molecule has 2 aliphatic carbocycles. The molecule has 0 aromatic rings. The number of hydrogen-bond donors (Lipinski definition) is 3. The second-order valence-electron chi connectivity index (χ2n) is 6.76. The van der Waals surface area contributed by atoms with E-state index in [2.05, 4.69) is 10.6 Å². The second-order valence-corrected chi connectivity index (χ2v) is 6.76. The number of carbonyl (C=O) groups is 2. The highest BCUT2D eigenvalue weighted by Crippen LogP contribution is 2.40. The molecule has 5 nitrogen and oxygen atoms in total. The van der Waals surface area contributed by atoms with E-state index in [1.807, 2.05) is 0 Å². The highest BCUT2D eigenvalue weighted by atomic mass is 16.4. The lowest BCUT2D eigenvalue weighted by Crippen LogP contribution is -2.51. The maximum atomic E-state index is 12.2. The number of aliphatic carboxylic acids is 1. The van der Waals surface area contributed by atoms with Gasteiger partial charge in [0.1, 0.15) is 0 Å². The van der Waals surface area contributed by atoms with E-state index < -0.39 is 11.4 Å². The molecule has 1 amide bonds. The first-order valence-electron chi connectivity index (χ1n) is 7.88. The monoisotopic (exact) mass is 280 g/mol. The lowest BCUT2D eigenvalue weighted by Gasteiger charge is -2.37. The topological polar surface area (TPSA) is 78.4 Å². The van der Waals surface area contributed by atoms with Gasteiger partial charge in [0.15, 0.2) is 0 Å². The Morgan fingerprint density at radius 1 is 1.20 bits per heavy atom. The minimum atomic E-state index is -0.767. The number of amides is 1. The van der Waals surface area contributed by atoms with Gasteiger partial charge in [0.25, 0.3) is 0 Å². The fraction of sp³-hybridized carbons (Fsp3) is 0.867. The third-order valence-corrected chi connectivity index (χ3v) is 5.54. The van der Waals surface area contributed by atoms with E-state index in [1.54, 1.807) is 0 Å². The standard InChI is InChI=1S/C15H24N2O3/c18-13(16-9-15(14(19)20)6-3-7-15)12-8-10-4-1-2-5-11(10)17-12/h10-12,17H,1-9H2,(H,16,18)(H,19,20). The van der Waals surface area contributed by atoms with Crippen molar-refractivity contribution in [1.29, 1.82) is 0 Å². The minimum Gasteiger partial charge on any atom is -0.481 e. The fourth-order valence-electron chi connectivity index (χ4n) is 3.97. The molecule has 0 aromatic heterocycles. The Morgan fingerprint density at radius 2 is 1.95 bits per heavy atom.